The topological polar surface area (TPSA) is 62.2 Å². The van der Waals surface area contributed by atoms with Crippen molar-refractivity contribution in [3.8, 4) is 11.3 Å². The third-order valence-electron chi connectivity index (χ3n) is 3.83. The summed E-state index contributed by atoms with van der Waals surface area (Å²) < 4.78 is 0. The standard InChI is InChI=1S/C20H22ClN5S.HI/c1-2-22-20(23-11-10-15-8-9-18(21)24-12-15)25-13-19-26-17(14-27-19)16-6-4-3-5-7-16;/h3-9,12,14H,2,10-11,13H2,1H3,(H2,22,23,25);1H. The molecule has 2 aromatic heterocycles. The van der Waals surface area contributed by atoms with Crippen molar-refractivity contribution in [1.29, 1.82) is 0 Å². The summed E-state index contributed by atoms with van der Waals surface area (Å²) >= 11 is 7.45. The van der Waals surface area contributed by atoms with Crippen molar-refractivity contribution < 1.29 is 0 Å². The fraction of sp³-hybridized carbons (Fsp3) is 0.250. The number of benzene rings is 1. The Balaban J connectivity index is 0.00000280. The number of nitrogens with zero attached hydrogens (tertiary/aromatic N) is 3. The van der Waals surface area contributed by atoms with E-state index in [2.05, 4.69) is 50.0 Å². The van der Waals surface area contributed by atoms with Crippen LogP contribution in [0.4, 0.5) is 0 Å². The predicted molar refractivity (Wildman–Crippen MR) is 129 cm³/mol. The molecule has 1 aromatic carbocycles. The van der Waals surface area contributed by atoms with E-state index in [9.17, 15) is 0 Å². The molecule has 5 nitrogen and oxygen atoms in total. The van der Waals surface area contributed by atoms with Crippen molar-refractivity contribution >= 4 is 52.9 Å². The highest BCUT2D eigenvalue weighted by Crippen LogP contribution is 2.21. The Kier molecular flexibility index (Phi) is 9.66. The van der Waals surface area contributed by atoms with Gasteiger partial charge in [0.2, 0.25) is 0 Å². The first kappa shape index (κ1) is 22.6. The van der Waals surface area contributed by atoms with E-state index in [4.69, 9.17) is 11.6 Å². The van der Waals surface area contributed by atoms with E-state index in [1.807, 2.05) is 30.3 Å². The lowest BCUT2D eigenvalue weighted by molar-refractivity contribution is 0.797. The molecule has 0 saturated carbocycles. The van der Waals surface area contributed by atoms with Crippen LogP contribution in [0, 0.1) is 0 Å². The third kappa shape index (κ3) is 7.03. The Hall–Kier alpha value is -1.71. The van der Waals surface area contributed by atoms with Crippen molar-refractivity contribution in [2.24, 2.45) is 4.99 Å². The maximum absolute atomic E-state index is 5.82. The molecule has 0 saturated heterocycles. The average Bonchev–Trinajstić information content (AvgIpc) is 3.17. The highest BCUT2D eigenvalue weighted by Gasteiger charge is 2.05. The number of guanidine groups is 1. The molecule has 0 fully saturated rings. The van der Waals surface area contributed by atoms with Gasteiger partial charge < -0.3 is 10.6 Å². The van der Waals surface area contributed by atoms with Crippen molar-refractivity contribution in [2.75, 3.05) is 13.1 Å². The van der Waals surface area contributed by atoms with Gasteiger partial charge in [-0.3, -0.25) is 0 Å². The Bertz CT molecular complexity index is 868. The average molecular weight is 528 g/mol. The Morgan fingerprint density at radius 3 is 2.68 bits per heavy atom. The Morgan fingerprint density at radius 2 is 1.96 bits per heavy atom. The van der Waals surface area contributed by atoms with E-state index in [0.29, 0.717) is 11.7 Å². The number of pyridine rings is 1. The fourth-order valence-electron chi connectivity index (χ4n) is 2.49. The van der Waals surface area contributed by atoms with E-state index in [1.54, 1.807) is 17.5 Å². The molecule has 0 unspecified atom stereocenters. The molecule has 0 aliphatic rings. The summed E-state index contributed by atoms with van der Waals surface area (Å²) in [6.45, 7) is 4.18. The maximum atomic E-state index is 5.82. The van der Waals surface area contributed by atoms with E-state index >= 15 is 0 Å². The van der Waals surface area contributed by atoms with Crippen LogP contribution in [0.5, 0.6) is 0 Å². The van der Waals surface area contributed by atoms with Gasteiger partial charge in [-0.2, -0.15) is 0 Å². The quantitative estimate of drug-likeness (QED) is 0.201. The third-order valence-corrected chi connectivity index (χ3v) is 4.89. The number of halogens is 2. The van der Waals surface area contributed by atoms with Crippen molar-refractivity contribution in [3.63, 3.8) is 0 Å². The summed E-state index contributed by atoms with van der Waals surface area (Å²) in [6.07, 6.45) is 2.65. The number of rotatable bonds is 7. The minimum absolute atomic E-state index is 0. The van der Waals surface area contributed by atoms with Gasteiger partial charge in [0.1, 0.15) is 10.2 Å². The Morgan fingerprint density at radius 1 is 1.14 bits per heavy atom. The molecule has 0 aliphatic heterocycles. The smallest absolute Gasteiger partial charge is 0.191 e. The molecule has 28 heavy (non-hydrogen) atoms. The van der Waals surface area contributed by atoms with Crippen LogP contribution in [0.3, 0.4) is 0 Å². The minimum Gasteiger partial charge on any atom is -0.357 e. The Labute approximate surface area is 191 Å². The van der Waals surface area contributed by atoms with Gasteiger partial charge in [0, 0.05) is 30.2 Å². The van der Waals surface area contributed by atoms with Crippen LogP contribution in [-0.2, 0) is 13.0 Å². The van der Waals surface area contributed by atoms with Gasteiger partial charge in [-0.25, -0.2) is 15.0 Å². The predicted octanol–water partition coefficient (Wildman–Crippen LogP) is 4.77. The molecule has 2 heterocycles. The second kappa shape index (κ2) is 12.0. The molecule has 0 radical (unpaired) electrons. The van der Waals surface area contributed by atoms with Crippen LogP contribution >= 0.6 is 46.9 Å². The molecule has 3 aromatic rings. The minimum atomic E-state index is 0. The molecule has 0 spiro atoms. The summed E-state index contributed by atoms with van der Waals surface area (Å²) in [5.41, 5.74) is 3.26. The summed E-state index contributed by atoms with van der Waals surface area (Å²) in [5.74, 6) is 0.788. The first-order valence-electron chi connectivity index (χ1n) is 8.87. The number of aliphatic imine (C=N–C) groups is 1. The van der Waals surface area contributed by atoms with Crippen LogP contribution in [0.15, 0.2) is 59.0 Å². The summed E-state index contributed by atoms with van der Waals surface area (Å²) in [6, 6.07) is 14.0. The molecule has 0 atom stereocenters. The summed E-state index contributed by atoms with van der Waals surface area (Å²) in [7, 11) is 0. The van der Waals surface area contributed by atoms with Crippen LogP contribution in [0.2, 0.25) is 5.15 Å². The van der Waals surface area contributed by atoms with Crippen LogP contribution in [0.1, 0.15) is 17.5 Å². The van der Waals surface area contributed by atoms with Gasteiger partial charge in [-0.15, -0.1) is 35.3 Å². The van der Waals surface area contributed by atoms with E-state index in [1.165, 1.54) is 0 Å². The van der Waals surface area contributed by atoms with Crippen molar-refractivity contribution in [1.82, 2.24) is 20.6 Å². The van der Waals surface area contributed by atoms with Crippen molar-refractivity contribution in [2.45, 2.75) is 19.9 Å². The van der Waals surface area contributed by atoms with E-state index in [0.717, 1.165) is 47.3 Å². The largest absolute Gasteiger partial charge is 0.357 e. The van der Waals surface area contributed by atoms with Gasteiger partial charge in [0.15, 0.2) is 5.96 Å². The lowest BCUT2D eigenvalue weighted by Crippen LogP contribution is -2.38. The molecule has 2 N–H and O–H groups in total. The van der Waals surface area contributed by atoms with Crippen molar-refractivity contribution in [3.05, 3.63) is 69.8 Å². The summed E-state index contributed by atoms with van der Waals surface area (Å²) in [5, 5.41) is 10.2. The molecular weight excluding hydrogens is 505 g/mol. The zero-order valence-electron chi connectivity index (χ0n) is 15.6. The number of thiazole rings is 1. The molecule has 0 aliphatic carbocycles. The number of nitrogens with one attached hydrogen (secondary N) is 2. The molecule has 148 valence electrons. The van der Waals surface area contributed by atoms with Crippen LogP contribution < -0.4 is 10.6 Å². The zero-order chi connectivity index (χ0) is 18.9. The monoisotopic (exact) mass is 527 g/mol. The molecule has 8 heteroatoms. The highest BCUT2D eigenvalue weighted by atomic mass is 127. The molecule has 0 bridgehead atoms. The number of hydrogen-bond acceptors (Lipinski definition) is 4. The lowest BCUT2D eigenvalue weighted by Gasteiger charge is -2.10. The van der Waals surface area contributed by atoms with Gasteiger partial charge in [0.05, 0.1) is 12.2 Å². The summed E-state index contributed by atoms with van der Waals surface area (Å²) in [4.78, 5) is 13.4. The second-order valence-electron chi connectivity index (χ2n) is 5.85. The molecular formula is C20H23ClIN5S. The SMILES string of the molecule is CCNC(=NCc1nc(-c2ccccc2)cs1)NCCc1ccc(Cl)nc1.I. The fourth-order valence-corrected chi connectivity index (χ4v) is 3.33. The zero-order valence-corrected chi connectivity index (χ0v) is 19.5. The van der Waals surface area contributed by atoms with Crippen LogP contribution in [-0.4, -0.2) is 29.0 Å². The van der Waals surface area contributed by atoms with Gasteiger partial charge in [0.25, 0.3) is 0 Å². The maximum Gasteiger partial charge on any atom is 0.191 e. The highest BCUT2D eigenvalue weighted by molar-refractivity contribution is 14.0. The lowest BCUT2D eigenvalue weighted by atomic mass is 10.2. The number of hydrogen-bond donors (Lipinski definition) is 2. The van der Waals surface area contributed by atoms with E-state index < -0.39 is 0 Å². The van der Waals surface area contributed by atoms with Gasteiger partial charge in [-0.05, 0) is 25.0 Å². The first-order valence-corrected chi connectivity index (χ1v) is 10.1. The normalized spacial score (nSPS) is 11.0. The number of aromatic nitrogens is 2. The molecule has 3 rings (SSSR count). The van der Waals surface area contributed by atoms with Gasteiger partial charge >= 0.3 is 0 Å². The van der Waals surface area contributed by atoms with Crippen LogP contribution in [0.25, 0.3) is 11.3 Å². The molecule has 0 amide bonds. The second-order valence-corrected chi connectivity index (χ2v) is 7.18. The first-order chi connectivity index (χ1) is 13.2. The van der Waals surface area contributed by atoms with E-state index in [-0.39, 0.29) is 24.0 Å². The van der Waals surface area contributed by atoms with Gasteiger partial charge in [-0.1, -0.05) is 48.0 Å².